The Bertz CT molecular complexity index is 1400. The number of benzene rings is 3. The molecule has 0 aliphatic carbocycles. The molecule has 0 radical (unpaired) electrons. The molecule has 7 nitrogen and oxygen atoms in total. The maximum atomic E-state index is 13.9. The zero-order valence-corrected chi connectivity index (χ0v) is 24.0. The summed E-state index contributed by atoms with van der Waals surface area (Å²) >= 11 is 12.1. The number of nitrogens with zero attached hydrogens (tertiary/aromatic N) is 2. The van der Waals surface area contributed by atoms with Crippen molar-refractivity contribution in [1.29, 1.82) is 0 Å². The van der Waals surface area contributed by atoms with Crippen molar-refractivity contribution in [3.8, 4) is 0 Å². The normalized spacial score (nSPS) is 12.2. The standard InChI is InChI=1S/C28H31Cl2N3O4S/c1-19(2)31-28(35)21(4)32(17-22-8-5-7-20(3)15-22)27(34)18-33(25-10-6-9-24(30)16-25)38(36,37)26-13-11-23(29)12-14-26/h5-16,19,21H,17-18H2,1-4H3,(H,31,35)/t21-/m0/s1. The largest absolute Gasteiger partial charge is 0.352 e. The van der Waals surface area contributed by atoms with Crippen LogP contribution < -0.4 is 9.62 Å². The number of sulfonamides is 1. The fourth-order valence-corrected chi connectivity index (χ4v) is 5.61. The van der Waals surface area contributed by atoms with Crippen LogP contribution >= 0.6 is 23.2 Å². The summed E-state index contributed by atoms with van der Waals surface area (Å²) < 4.78 is 28.5. The molecule has 0 saturated carbocycles. The van der Waals surface area contributed by atoms with Crippen molar-refractivity contribution in [2.75, 3.05) is 10.8 Å². The summed E-state index contributed by atoms with van der Waals surface area (Å²) in [4.78, 5) is 28.1. The molecule has 10 heteroatoms. The minimum Gasteiger partial charge on any atom is -0.352 e. The van der Waals surface area contributed by atoms with Gasteiger partial charge in [0.2, 0.25) is 11.8 Å². The number of anilines is 1. The second-order valence-corrected chi connectivity index (χ2v) is 12.0. The first-order valence-electron chi connectivity index (χ1n) is 12.1. The van der Waals surface area contributed by atoms with Gasteiger partial charge in [-0.2, -0.15) is 0 Å². The molecule has 202 valence electrons. The first-order valence-corrected chi connectivity index (χ1v) is 14.3. The summed E-state index contributed by atoms with van der Waals surface area (Å²) in [6.07, 6.45) is 0. The van der Waals surface area contributed by atoms with E-state index < -0.39 is 28.5 Å². The van der Waals surface area contributed by atoms with Gasteiger partial charge in [-0.25, -0.2) is 8.42 Å². The van der Waals surface area contributed by atoms with Crippen LogP contribution in [0.5, 0.6) is 0 Å². The molecular formula is C28H31Cl2N3O4S. The van der Waals surface area contributed by atoms with Crippen molar-refractivity contribution < 1.29 is 18.0 Å². The molecular weight excluding hydrogens is 545 g/mol. The van der Waals surface area contributed by atoms with E-state index in [1.807, 2.05) is 45.0 Å². The van der Waals surface area contributed by atoms with E-state index in [-0.39, 0.29) is 29.1 Å². The topological polar surface area (TPSA) is 86.8 Å². The molecule has 1 N–H and O–H groups in total. The van der Waals surface area contributed by atoms with E-state index in [9.17, 15) is 18.0 Å². The number of hydrogen-bond acceptors (Lipinski definition) is 4. The van der Waals surface area contributed by atoms with Crippen molar-refractivity contribution in [3.05, 3.63) is 94.0 Å². The minimum absolute atomic E-state index is 0.0366. The Balaban J connectivity index is 2.03. The third-order valence-corrected chi connectivity index (χ3v) is 8.09. The molecule has 38 heavy (non-hydrogen) atoms. The van der Waals surface area contributed by atoms with Crippen molar-refractivity contribution in [3.63, 3.8) is 0 Å². The van der Waals surface area contributed by atoms with Gasteiger partial charge in [0.25, 0.3) is 10.0 Å². The van der Waals surface area contributed by atoms with E-state index in [1.165, 1.54) is 35.2 Å². The Morgan fingerprint density at radius 1 is 0.895 bits per heavy atom. The van der Waals surface area contributed by atoms with Crippen molar-refractivity contribution in [1.82, 2.24) is 10.2 Å². The monoisotopic (exact) mass is 575 g/mol. The van der Waals surface area contributed by atoms with Crippen molar-refractivity contribution in [2.45, 2.75) is 51.2 Å². The molecule has 0 fully saturated rings. The first-order chi connectivity index (χ1) is 17.9. The van der Waals surface area contributed by atoms with E-state index >= 15 is 0 Å². The average Bonchev–Trinajstić information content (AvgIpc) is 2.85. The van der Waals surface area contributed by atoms with E-state index in [0.717, 1.165) is 15.4 Å². The van der Waals surface area contributed by atoms with Gasteiger partial charge >= 0.3 is 0 Å². The SMILES string of the molecule is Cc1cccc(CN(C(=O)CN(c2cccc(Cl)c2)S(=O)(=O)c2ccc(Cl)cc2)[C@@H](C)C(=O)NC(C)C)c1. The van der Waals surface area contributed by atoms with Crippen LogP contribution in [0.1, 0.15) is 31.9 Å². The summed E-state index contributed by atoms with van der Waals surface area (Å²) in [7, 11) is -4.19. The molecule has 0 aliphatic heterocycles. The summed E-state index contributed by atoms with van der Waals surface area (Å²) in [6.45, 7) is 6.80. The Labute approximate surface area is 234 Å². The summed E-state index contributed by atoms with van der Waals surface area (Å²) in [5.41, 5.74) is 2.04. The second kappa shape index (κ2) is 12.7. The molecule has 0 aliphatic rings. The van der Waals surface area contributed by atoms with Gasteiger partial charge in [0.05, 0.1) is 10.6 Å². The van der Waals surface area contributed by atoms with Crippen LogP contribution in [0, 0.1) is 6.92 Å². The molecule has 0 saturated heterocycles. The maximum absolute atomic E-state index is 13.9. The van der Waals surface area contributed by atoms with Gasteiger partial charge < -0.3 is 10.2 Å². The van der Waals surface area contributed by atoms with Gasteiger partial charge in [-0.1, -0.05) is 59.1 Å². The average molecular weight is 577 g/mol. The zero-order valence-electron chi connectivity index (χ0n) is 21.7. The van der Waals surface area contributed by atoms with Gasteiger partial charge in [-0.05, 0) is 75.7 Å². The van der Waals surface area contributed by atoms with Crippen LogP contribution in [0.2, 0.25) is 10.0 Å². The Hall–Kier alpha value is -3.07. The molecule has 0 spiro atoms. The van der Waals surface area contributed by atoms with Gasteiger partial charge in [0.15, 0.2) is 0 Å². The van der Waals surface area contributed by atoms with Crippen LogP contribution in [0.25, 0.3) is 0 Å². The lowest BCUT2D eigenvalue weighted by molar-refractivity contribution is -0.139. The van der Waals surface area contributed by atoms with Crippen LogP contribution in [-0.4, -0.2) is 43.8 Å². The number of amides is 2. The highest BCUT2D eigenvalue weighted by Gasteiger charge is 2.32. The fraction of sp³-hybridized carbons (Fsp3) is 0.286. The highest BCUT2D eigenvalue weighted by atomic mass is 35.5. The Morgan fingerprint density at radius 3 is 2.16 bits per heavy atom. The van der Waals surface area contributed by atoms with Crippen LogP contribution in [0.3, 0.4) is 0 Å². The number of nitrogens with one attached hydrogen (secondary N) is 1. The van der Waals surface area contributed by atoms with E-state index in [2.05, 4.69) is 5.32 Å². The lowest BCUT2D eigenvalue weighted by Gasteiger charge is -2.32. The van der Waals surface area contributed by atoms with E-state index in [1.54, 1.807) is 25.1 Å². The quantitative estimate of drug-likeness (QED) is 0.348. The van der Waals surface area contributed by atoms with Crippen LogP contribution in [-0.2, 0) is 26.2 Å². The molecule has 0 heterocycles. The summed E-state index contributed by atoms with van der Waals surface area (Å²) in [5, 5.41) is 3.53. The molecule has 0 bridgehead atoms. The highest BCUT2D eigenvalue weighted by molar-refractivity contribution is 7.92. The van der Waals surface area contributed by atoms with E-state index in [0.29, 0.717) is 10.0 Å². The fourth-order valence-electron chi connectivity index (χ4n) is 3.89. The first kappa shape index (κ1) is 29.5. The number of carbonyl (C=O) groups excluding carboxylic acids is 2. The maximum Gasteiger partial charge on any atom is 0.264 e. The number of hydrogen-bond donors (Lipinski definition) is 1. The number of aryl methyl sites for hydroxylation is 1. The van der Waals surface area contributed by atoms with Gasteiger partial charge in [0, 0.05) is 22.6 Å². The molecule has 1 atom stereocenters. The predicted molar refractivity (Wildman–Crippen MR) is 152 cm³/mol. The molecule has 0 aromatic heterocycles. The third kappa shape index (κ3) is 7.49. The van der Waals surface area contributed by atoms with E-state index in [4.69, 9.17) is 23.2 Å². The zero-order chi connectivity index (χ0) is 28.0. The highest BCUT2D eigenvalue weighted by Crippen LogP contribution is 2.27. The Kier molecular flexibility index (Phi) is 9.82. The van der Waals surface area contributed by atoms with Crippen LogP contribution in [0.15, 0.2) is 77.7 Å². The molecule has 3 aromatic rings. The minimum atomic E-state index is -4.19. The summed E-state index contributed by atoms with van der Waals surface area (Å²) in [5.74, 6) is -0.883. The number of rotatable bonds is 10. The lowest BCUT2D eigenvalue weighted by atomic mass is 10.1. The number of carbonyl (C=O) groups is 2. The molecule has 3 rings (SSSR count). The van der Waals surface area contributed by atoms with Gasteiger partial charge in [-0.15, -0.1) is 0 Å². The smallest absolute Gasteiger partial charge is 0.264 e. The second-order valence-electron chi connectivity index (χ2n) is 9.30. The third-order valence-electron chi connectivity index (χ3n) is 5.81. The van der Waals surface area contributed by atoms with Gasteiger partial charge in [-0.3, -0.25) is 13.9 Å². The molecule has 0 unspecified atom stereocenters. The van der Waals surface area contributed by atoms with Crippen molar-refractivity contribution in [2.24, 2.45) is 0 Å². The van der Waals surface area contributed by atoms with Crippen LogP contribution in [0.4, 0.5) is 5.69 Å². The summed E-state index contributed by atoms with van der Waals surface area (Å²) in [6, 6.07) is 18.5. The molecule has 2 amide bonds. The number of halogens is 2. The lowest BCUT2D eigenvalue weighted by Crippen LogP contribution is -2.52. The Morgan fingerprint density at radius 2 is 1.55 bits per heavy atom. The predicted octanol–water partition coefficient (Wildman–Crippen LogP) is 5.44. The van der Waals surface area contributed by atoms with Gasteiger partial charge in [0.1, 0.15) is 12.6 Å². The van der Waals surface area contributed by atoms with Crippen molar-refractivity contribution >= 4 is 50.7 Å². The molecule has 3 aromatic carbocycles.